The second-order valence-electron chi connectivity index (χ2n) is 9.55. The van der Waals surface area contributed by atoms with Crippen molar-refractivity contribution in [2.45, 2.75) is 57.2 Å². The standard InChI is InChI=1S/C29H33FN2O2/c1-20(28-7-2-3-15-31-28)34-26-11-8-21(9-12-26)17-29-27-13-10-25(33)18-22(27)14-16-32(29)24-6-4-5-23(30)19-24/h4-6,8-13,18-20,28-29,31,33H,2-3,7,14-17H2,1H3. The summed E-state index contributed by atoms with van der Waals surface area (Å²) < 4.78 is 20.3. The molecule has 3 aromatic carbocycles. The third-order valence-electron chi connectivity index (χ3n) is 7.21. The van der Waals surface area contributed by atoms with Crippen LogP contribution in [0.4, 0.5) is 10.1 Å². The molecule has 3 atom stereocenters. The first-order valence-electron chi connectivity index (χ1n) is 12.4. The van der Waals surface area contributed by atoms with E-state index in [0.29, 0.717) is 11.8 Å². The molecule has 0 aromatic heterocycles. The van der Waals surface area contributed by atoms with Crippen molar-refractivity contribution in [1.29, 1.82) is 0 Å². The van der Waals surface area contributed by atoms with Crippen molar-refractivity contribution in [3.8, 4) is 11.5 Å². The van der Waals surface area contributed by atoms with Crippen LogP contribution in [0.2, 0.25) is 0 Å². The van der Waals surface area contributed by atoms with Gasteiger partial charge in [-0.15, -0.1) is 0 Å². The minimum atomic E-state index is -0.226. The lowest BCUT2D eigenvalue weighted by Crippen LogP contribution is -2.44. The van der Waals surface area contributed by atoms with Crippen molar-refractivity contribution in [2.24, 2.45) is 0 Å². The van der Waals surface area contributed by atoms with E-state index in [2.05, 4.69) is 41.4 Å². The Morgan fingerprint density at radius 3 is 2.71 bits per heavy atom. The molecule has 0 bridgehead atoms. The van der Waals surface area contributed by atoms with E-state index in [-0.39, 0.29) is 18.0 Å². The van der Waals surface area contributed by atoms with E-state index in [1.54, 1.807) is 18.2 Å². The Balaban J connectivity index is 1.36. The van der Waals surface area contributed by atoms with E-state index in [4.69, 9.17) is 4.74 Å². The van der Waals surface area contributed by atoms with Crippen molar-refractivity contribution in [1.82, 2.24) is 5.32 Å². The summed E-state index contributed by atoms with van der Waals surface area (Å²) in [4.78, 5) is 2.28. The van der Waals surface area contributed by atoms with Gasteiger partial charge in [-0.2, -0.15) is 0 Å². The van der Waals surface area contributed by atoms with Crippen molar-refractivity contribution < 1.29 is 14.2 Å². The lowest BCUT2D eigenvalue weighted by atomic mass is 9.88. The average Bonchev–Trinajstić information content (AvgIpc) is 2.85. The summed E-state index contributed by atoms with van der Waals surface area (Å²) in [7, 11) is 0. The third-order valence-corrected chi connectivity index (χ3v) is 7.21. The number of phenolic OH excluding ortho intramolecular Hbond substituents is 1. The summed E-state index contributed by atoms with van der Waals surface area (Å²) in [5.41, 5.74) is 4.43. The highest BCUT2D eigenvalue weighted by molar-refractivity contribution is 5.54. The molecule has 2 aliphatic rings. The number of ether oxygens (including phenoxy) is 1. The van der Waals surface area contributed by atoms with E-state index in [9.17, 15) is 9.50 Å². The zero-order valence-corrected chi connectivity index (χ0v) is 19.7. The van der Waals surface area contributed by atoms with E-state index in [1.165, 1.54) is 30.0 Å². The number of hydrogen-bond acceptors (Lipinski definition) is 4. The van der Waals surface area contributed by atoms with Crippen LogP contribution in [0.25, 0.3) is 0 Å². The number of piperidine rings is 1. The number of halogens is 1. The van der Waals surface area contributed by atoms with Crippen LogP contribution in [0.5, 0.6) is 11.5 Å². The molecule has 0 radical (unpaired) electrons. The number of phenols is 1. The van der Waals surface area contributed by atoms with Crippen LogP contribution < -0.4 is 15.0 Å². The number of rotatable bonds is 6. The van der Waals surface area contributed by atoms with Crippen LogP contribution in [0.3, 0.4) is 0 Å². The van der Waals surface area contributed by atoms with Crippen LogP contribution in [0.15, 0.2) is 66.7 Å². The van der Waals surface area contributed by atoms with Gasteiger partial charge in [0.2, 0.25) is 0 Å². The molecule has 0 aliphatic carbocycles. The van der Waals surface area contributed by atoms with Gasteiger partial charge in [0.1, 0.15) is 23.4 Å². The normalized spacial score (nSPS) is 21.1. The molecule has 0 amide bonds. The Labute approximate surface area is 201 Å². The van der Waals surface area contributed by atoms with Crippen molar-refractivity contribution in [3.63, 3.8) is 0 Å². The fraction of sp³-hybridized carbons (Fsp3) is 0.379. The van der Waals surface area contributed by atoms with E-state index in [1.807, 2.05) is 18.2 Å². The average molecular weight is 461 g/mol. The van der Waals surface area contributed by atoms with Crippen LogP contribution in [0.1, 0.15) is 48.9 Å². The molecule has 34 heavy (non-hydrogen) atoms. The summed E-state index contributed by atoms with van der Waals surface area (Å²) in [6.07, 6.45) is 5.39. The van der Waals surface area contributed by atoms with E-state index in [0.717, 1.165) is 49.4 Å². The molecular weight excluding hydrogens is 427 g/mol. The number of aromatic hydroxyl groups is 1. The number of nitrogens with one attached hydrogen (secondary N) is 1. The minimum absolute atomic E-state index is 0.0586. The second kappa shape index (κ2) is 10.1. The van der Waals surface area contributed by atoms with Gasteiger partial charge in [-0.05, 0) is 98.3 Å². The van der Waals surface area contributed by atoms with Crippen LogP contribution >= 0.6 is 0 Å². The van der Waals surface area contributed by atoms with Crippen LogP contribution in [-0.4, -0.2) is 30.3 Å². The Morgan fingerprint density at radius 1 is 1.09 bits per heavy atom. The summed E-state index contributed by atoms with van der Waals surface area (Å²) in [6.45, 7) is 3.99. The molecule has 178 valence electrons. The molecule has 2 aliphatic heterocycles. The molecule has 2 N–H and O–H groups in total. The van der Waals surface area contributed by atoms with Gasteiger partial charge in [0.05, 0.1) is 6.04 Å². The molecule has 1 saturated heterocycles. The topological polar surface area (TPSA) is 44.7 Å². The smallest absolute Gasteiger partial charge is 0.125 e. The van der Waals surface area contributed by atoms with E-state index >= 15 is 0 Å². The number of benzene rings is 3. The number of anilines is 1. The van der Waals surface area contributed by atoms with Gasteiger partial charge >= 0.3 is 0 Å². The van der Waals surface area contributed by atoms with Gasteiger partial charge in [-0.1, -0.05) is 30.7 Å². The molecule has 1 fully saturated rings. The predicted octanol–water partition coefficient (Wildman–Crippen LogP) is 5.79. The number of nitrogens with zero attached hydrogens (tertiary/aromatic N) is 1. The lowest BCUT2D eigenvalue weighted by Gasteiger charge is -2.39. The molecule has 0 spiro atoms. The van der Waals surface area contributed by atoms with Gasteiger partial charge in [0.15, 0.2) is 0 Å². The third kappa shape index (κ3) is 5.05. The Morgan fingerprint density at radius 2 is 1.94 bits per heavy atom. The number of hydrogen-bond donors (Lipinski definition) is 2. The van der Waals surface area contributed by atoms with Crippen LogP contribution in [-0.2, 0) is 12.8 Å². The molecule has 5 heteroatoms. The molecule has 3 aromatic rings. The highest BCUT2D eigenvalue weighted by Gasteiger charge is 2.28. The number of fused-ring (bicyclic) bond motifs is 1. The van der Waals surface area contributed by atoms with Gasteiger partial charge in [-0.3, -0.25) is 0 Å². The molecular formula is C29H33FN2O2. The summed E-state index contributed by atoms with van der Waals surface area (Å²) in [5, 5.41) is 13.6. The lowest BCUT2D eigenvalue weighted by molar-refractivity contribution is 0.152. The van der Waals surface area contributed by atoms with Crippen LogP contribution in [0, 0.1) is 5.82 Å². The molecule has 3 unspecified atom stereocenters. The molecule has 2 heterocycles. The fourth-order valence-corrected chi connectivity index (χ4v) is 5.39. The first-order chi connectivity index (χ1) is 16.6. The first-order valence-corrected chi connectivity index (χ1v) is 12.4. The fourth-order valence-electron chi connectivity index (χ4n) is 5.39. The summed E-state index contributed by atoms with van der Waals surface area (Å²) >= 11 is 0. The van der Waals surface area contributed by atoms with Gasteiger partial charge < -0.3 is 20.1 Å². The Hall–Kier alpha value is -3.05. The van der Waals surface area contributed by atoms with E-state index < -0.39 is 0 Å². The zero-order chi connectivity index (χ0) is 23.5. The minimum Gasteiger partial charge on any atom is -0.508 e. The van der Waals surface area contributed by atoms with Crippen molar-refractivity contribution >= 4 is 5.69 Å². The zero-order valence-electron chi connectivity index (χ0n) is 19.7. The van der Waals surface area contributed by atoms with Crippen molar-refractivity contribution in [3.05, 3.63) is 89.2 Å². The quantitative estimate of drug-likeness (QED) is 0.489. The second-order valence-corrected chi connectivity index (χ2v) is 9.55. The highest BCUT2D eigenvalue weighted by Crippen LogP contribution is 2.37. The largest absolute Gasteiger partial charge is 0.508 e. The molecule has 4 nitrogen and oxygen atoms in total. The SMILES string of the molecule is CC(Oc1ccc(CC2c3ccc(O)cc3CCN2c2cccc(F)c2)cc1)C1CCCCN1. The van der Waals surface area contributed by atoms with Gasteiger partial charge in [-0.25, -0.2) is 4.39 Å². The maximum Gasteiger partial charge on any atom is 0.125 e. The maximum absolute atomic E-state index is 14.0. The predicted molar refractivity (Wildman–Crippen MR) is 134 cm³/mol. The summed E-state index contributed by atoms with van der Waals surface area (Å²) in [5.74, 6) is 0.954. The monoisotopic (exact) mass is 460 g/mol. The van der Waals surface area contributed by atoms with Crippen molar-refractivity contribution in [2.75, 3.05) is 18.0 Å². The summed E-state index contributed by atoms with van der Waals surface area (Å²) in [6, 6.07) is 21.3. The van der Waals surface area contributed by atoms with Gasteiger partial charge in [0.25, 0.3) is 0 Å². The highest BCUT2D eigenvalue weighted by atomic mass is 19.1. The molecule has 5 rings (SSSR count). The maximum atomic E-state index is 14.0. The Bertz CT molecular complexity index is 1110. The molecule has 0 saturated carbocycles. The van der Waals surface area contributed by atoms with Gasteiger partial charge in [0, 0.05) is 18.3 Å². The Kier molecular flexibility index (Phi) is 6.73. The first kappa shape index (κ1) is 22.7.